The molecule has 3 aromatic carbocycles. The first-order chi connectivity index (χ1) is 28.3. The van der Waals surface area contributed by atoms with Crippen LogP contribution in [-0.4, -0.2) is 104 Å². The Bertz CT molecular complexity index is 1680. The second kappa shape index (κ2) is 21.9. The first-order valence-electron chi connectivity index (χ1n) is 19.9. The van der Waals surface area contributed by atoms with Gasteiger partial charge >= 0.3 is 6.09 Å². The average Bonchev–Trinajstić information content (AvgIpc) is 3.50. The Morgan fingerprint density at radius 1 is 0.759 bits per heavy atom. The lowest BCUT2D eigenvalue weighted by Crippen LogP contribution is -2.62. The smallest absolute Gasteiger partial charge is 0.407 e. The first-order valence-corrected chi connectivity index (χ1v) is 19.9. The number of amides is 1. The third-order valence-corrected chi connectivity index (χ3v) is 10.7. The number of rotatable bonds is 19. The van der Waals surface area contributed by atoms with E-state index in [1.807, 2.05) is 104 Å². The maximum absolute atomic E-state index is 12.6. The summed E-state index contributed by atoms with van der Waals surface area (Å²) in [6.45, 7) is 10.9. The van der Waals surface area contributed by atoms with Gasteiger partial charge in [0.05, 0.1) is 38.1 Å². The molecule has 8 unspecified atom stereocenters. The lowest BCUT2D eigenvalue weighted by molar-refractivity contribution is -0.344. The lowest BCUT2D eigenvalue weighted by atomic mass is 9.77. The van der Waals surface area contributed by atoms with Crippen molar-refractivity contribution in [3.05, 3.63) is 133 Å². The van der Waals surface area contributed by atoms with E-state index in [9.17, 15) is 15.0 Å². The molecule has 1 amide bonds. The molecule has 0 aromatic heterocycles. The lowest BCUT2D eigenvalue weighted by Gasteiger charge is -2.48. The van der Waals surface area contributed by atoms with E-state index in [4.69, 9.17) is 42.6 Å². The molecule has 58 heavy (non-hydrogen) atoms. The van der Waals surface area contributed by atoms with Gasteiger partial charge in [-0.2, -0.15) is 0 Å². The van der Waals surface area contributed by atoms with Crippen molar-refractivity contribution in [2.75, 3.05) is 20.3 Å². The number of ether oxygens (including phenoxy) is 9. The number of benzene rings is 3. The summed E-state index contributed by atoms with van der Waals surface area (Å²) in [5.74, 6) is -0.226. The summed E-state index contributed by atoms with van der Waals surface area (Å²) in [5.41, 5.74) is 2.94. The zero-order valence-electron chi connectivity index (χ0n) is 33.2. The van der Waals surface area contributed by atoms with E-state index in [1.54, 1.807) is 7.11 Å². The molecule has 0 bridgehead atoms. The Balaban J connectivity index is 1.31. The molecule has 3 aliphatic rings. The molecule has 6 rings (SSSR count). The summed E-state index contributed by atoms with van der Waals surface area (Å²) in [5, 5.41) is 24.0. The third kappa shape index (κ3) is 11.6. The molecule has 3 fully saturated rings. The highest BCUT2D eigenvalue weighted by Gasteiger charge is 2.52. The summed E-state index contributed by atoms with van der Waals surface area (Å²) >= 11 is 0. The SMILES string of the molecule is C=CCOC(=O)NC1C(O)[C@@H](O)O[C@H]1OC1C[C@@H](COC)CC(C=C)C1OC1O[C@@H](C)C(OCc2ccccc2)C(OCc2ccccc2)[C@@H]1OCc1ccccc1. The molecule has 13 atom stereocenters. The summed E-state index contributed by atoms with van der Waals surface area (Å²) in [6.07, 6.45) is -5.72. The van der Waals surface area contributed by atoms with Crippen molar-refractivity contribution in [3.63, 3.8) is 0 Å². The number of hydrogen-bond donors (Lipinski definition) is 3. The van der Waals surface area contributed by atoms with Crippen molar-refractivity contribution >= 4 is 6.09 Å². The molecule has 3 aromatic rings. The van der Waals surface area contributed by atoms with Gasteiger partial charge in [0.15, 0.2) is 18.9 Å². The van der Waals surface area contributed by atoms with Crippen LogP contribution >= 0.6 is 0 Å². The summed E-state index contributed by atoms with van der Waals surface area (Å²) in [7, 11) is 1.64. The number of carbonyl (C=O) groups excluding carboxylic acids is 1. The van der Waals surface area contributed by atoms with E-state index >= 15 is 0 Å². The van der Waals surface area contributed by atoms with Gasteiger partial charge in [-0.25, -0.2) is 4.79 Å². The molecular formula is C45H57NO12. The van der Waals surface area contributed by atoms with Crippen LogP contribution in [0.15, 0.2) is 116 Å². The van der Waals surface area contributed by atoms with E-state index in [2.05, 4.69) is 18.5 Å². The van der Waals surface area contributed by atoms with Crippen LogP contribution in [0.5, 0.6) is 0 Å². The molecule has 0 radical (unpaired) electrons. The summed E-state index contributed by atoms with van der Waals surface area (Å²) in [4.78, 5) is 12.6. The fourth-order valence-electron chi connectivity index (χ4n) is 7.81. The van der Waals surface area contributed by atoms with Crippen LogP contribution in [-0.2, 0) is 62.5 Å². The molecule has 13 heteroatoms. The molecule has 1 aliphatic carbocycles. The highest BCUT2D eigenvalue weighted by Crippen LogP contribution is 2.40. The highest BCUT2D eigenvalue weighted by atomic mass is 16.8. The van der Waals surface area contributed by atoms with Crippen molar-refractivity contribution in [3.8, 4) is 0 Å². The topological polar surface area (TPSA) is 153 Å². The van der Waals surface area contributed by atoms with E-state index in [0.29, 0.717) is 26.1 Å². The minimum Gasteiger partial charge on any atom is -0.445 e. The number of hydrogen-bond acceptors (Lipinski definition) is 12. The van der Waals surface area contributed by atoms with Crippen LogP contribution in [0.1, 0.15) is 36.5 Å². The largest absolute Gasteiger partial charge is 0.445 e. The number of methoxy groups -OCH3 is 1. The second-order valence-corrected chi connectivity index (χ2v) is 14.9. The molecule has 3 N–H and O–H groups in total. The highest BCUT2D eigenvalue weighted by molar-refractivity contribution is 5.67. The van der Waals surface area contributed by atoms with Gasteiger partial charge in [-0.05, 0) is 42.4 Å². The van der Waals surface area contributed by atoms with E-state index in [-0.39, 0.29) is 31.7 Å². The predicted octanol–water partition coefficient (Wildman–Crippen LogP) is 5.43. The summed E-state index contributed by atoms with van der Waals surface area (Å²) in [6, 6.07) is 28.5. The van der Waals surface area contributed by atoms with Crippen molar-refractivity contribution in [2.24, 2.45) is 11.8 Å². The zero-order valence-corrected chi connectivity index (χ0v) is 33.2. The molecule has 1 saturated carbocycles. The van der Waals surface area contributed by atoms with E-state index < -0.39 is 73.7 Å². The molecule has 2 heterocycles. The van der Waals surface area contributed by atoms with Crippen molar-refractivity contribution in [1.29, 1.82) is 0 Å². The molecule has 2 saturated heterocycles. The number of aliphatic hydroxyl groups is 2. The summed E-state index contributed by atoms with van der Waals surface area (Å²) < 4.78 is 56.9. The normalized spacial score (nSPS) is 32.3. The standard InChI is InChI=1S/C45H57NO12/c1-5-22-51-45(49)46-36-37(47)42(48)58-43(36)56-35-24-33(25-50-4)23-34(6-2)39(35)57-44-41(54-28-32-20-14-9-15-21-32)40(53-27-31-18-12-8-13-19-31)38(29(3)55-44)52-26-30-16-10-7-11-17-30/h5-21,29,33-44,47-48H,1-2,22-28H2,3-4H3,(H,46,49)/t29-,33-,34?,35?,36?,37?,38?,39?,40?,41-,42-,43+,44?/m0/s1. The van der Waals surface area contributed by atoms with Crippen molar-refractivity contribution in [1.82, 2.24) is 5.32 Å². The minimum absolute atomic E-state index is 0.0344. The fraction of sp³-hybridized carbons (Fsp3) is 0.489. The van der Waals surface area contributed by atoms with Gasteiger partial charge in [-0.1, -0.05) is 110 Å². The van der Waals surface area contributed by atoms with Crippen molar-refractivity contribution in [2.45, 2.75) is 107 Å². The van der Waals surface area contributed by atoms with Crippen LogP contribution in [0.25, 0.3) is 0 Å². The van der Waals surface area contributed by atoms with E-state index in [0.717, 1.165) is 16.7 Å². The number of nitrogens with one attached hydrogen (secondary N) is 1. The number of aliphatic hydroxyl groups excluding tert-OH is 2. The second-order valence-electron chi connectivity index (χ2n) is 14.9. The van der Waals surface area contributed by atoms with Crippen molar-refractivity contribution < 1.29 is 57.6 Å². The van der Waals surface area contributed by atoms with Crippen LogP contribution in [0.3, 0.4) is 0 Å². The monoisotopic (exact) mass is 803 g/mol. The average molecular weight is 804 g/mol. The Morgan fingerprint density at radius 2 is 1.33 bits per heavy atom. The van der Waals surface area contributed by atoms with Crippen LogP contribution in [0.4, 0.5) is 4.79 Å². The third-order valence-electron chi connectivity index (χ3n) is 10.7. The fourth-order valence-corrected chi connectivity index (χ4v) is 7.81. The molecule has 314 valence electrons. The molecule has 0 spiro atoms. The molecule has 2 aliphatic heterocycles. The molecule has 13 nitrogen and oxygen atoms in total. The molecular weight excluding hydrogens is 746 g/mol. The van der Waals surface area contributed by atoms with Crippen LogP contribution < -0.4 is 5.32 Å². The van der Waals surface area contributed by atoms with Gasteiger partial charge in [0.25, 0.3) is 0 Å². The first kappa shape index (κ1) is 43.6. The van der Waals surface area contributed by atoms with Gasteiger partial charge in [0.2, 0.25) is 0 Å². The van der Waals surface area contributed by atoms with Gasteiger partial charge in [-0.15, -0.1) is 6.58 Å². The van der Waals surface area contributed by atoms with E-state index in [1.165, 1.54) is 6.08 Å². The van der Waals surface area contributed by atoms with Gasteiger partial charge in [-0.3, -0.25) is 0 Å². The Hall–Kier alpha value is -3.99. The van der Waals surface area contributed by atoms with Gasteiger partial charge in [0, 0.05) is 19.6 Å². The number of alkyl carbamates (subject to hydrolysis) is 1. The maximum Gasteiger partial charge on any atom is 0.407 e. The minimum atomic E-state index is -1.63. The Morgan fingerprint density at radius 3 is 1.88 bits per heavy atom. The van der Waals surface area contributed by atoms with Crippen LogP contribution in [0.2, 0.25) is 0 Å². The quantitative estimate of drug-likeness (QED) is 0.133. The van der Waals surface area contributed by atoms with Crippen LogP contribution in [0, 0.1) is 11.8 Å². The van der Waals surface area contributed by atoms with Gasteiger partial charge in [0.1, 0.15) is 37.1 Å². The predicted molar refractivity (Wildman–Crippen MR) is 213 cm³/mol. The number of carbonyl (C=O) groups is 1. The Kier molecular flexibility index (Phi) is 16.4. The zero-order chi connectivity index (χ0) is 40.9. The maximum atomic E-state index is 12.6. The Labute approximate surface area is 340 Å². The van der Waals surface area contributed by atoms with Gasteiger partial charge < -0.3 is 58.2 Å².